The van der Waals surface area contributed by atoms with Crippen LogP contribution in [0.25, 0.3) is 26.2 Å². The van der Waals surface area contributed by atoms with Crippen LogP contribution in [0, 0.1) is 0 Å². The second-order valence-electron chi connectivity index (χ2n) is 4.13. The number of aromatic nitrogens is 2. The number of hydrogen-bond acceptors (Lipinski definition) is 4. The Hall–Kier alpha value is -2.27. The first-order valence-corrected chi connectivity index (χ1v) is 6.27. The van der Waals surface area contributed by atoms with E-state index in [1.165, 1.54) is 11.3 Å². The van der Waals surface area contributed by atoms with Crippen LogP contribution in [0.1, 0.15) is 0 Å². The van der Waals surface area contributed by atoms with Crippen molar-refractivity contribution in [3.8, 4) is 11.5 Å². The molecule has 0 saturated carbocycles. The third-order valence-corrected chi connectivity index (χ3v) is 4.03. The van der Waals surface area contributed by atoms with E-state index in [4.69, 9.17) is 0 Å². The highest BCUT2D eigenvalue weighted by molar-refractivity contribution is 7.23. The van der Waals surface area contributed by atoms with Crippen molar-refractivity contribution in [1.82, 2.24) is 9.38 Å². The first-order chi connectivity index (χ1) is 8.74. The Balaban J connectivity index is 2.30. The molecule has 4 nitrogen and oxygen atoms in total. The molecule has 0 amide bonds. The van der Waals surface area contributed by atoms with E-state index in [0.717, 1.165) is 26.2 Å². The largest absolute Gasteiger partial charge is 0.504 e. The molecule has 0 aliphatic rings. The lowest BCUT2D eigenvalue weighted by atomic mass is 10.3. The van der Waals surface area contributed by atoms with Crippen molar-refractivity contribution in [3.05, 3.63) is 36.4 Å². The molecule has 0 bridgehead atoms. The molecule has 88 valence electrons. The van der Waals surface area contributed by atoms with Crippen molar-refractivity contribution in [2.24, 2.45) is 0 Å². The molecule has 0 spiro atoms. The van der Waals surface area contributed by atoms with Crippen LogP contribution in [0.3, 0.4) is 0 Å². The summed E-state index contributed by atoms with van der Waals surface area (Å²) in [5.74, 6) is -0.212. The predicted octanol–water partition coefficient (Wildman–Crippen LogP) is 3.11. The van der Waals surface area contributed by atoms with Crippen LogP contribution in [0.2, 0.25) is 0 Å². The van der Waals surface area contributed by atoms with Crippen LogP contribution >= 0.6 is 11.3 Å². The van der Waals surface area contributed by atoms with Crippen LogP contribution in [0.5, 0.6) is 11.5 Å². The van der Waals surface area contributed by atoms with E-state index in [1.807, 2.05) is 28.7 Å². The topological polar surface area (TPSA) is 57.8 Å². The van der Waals surface area contributed by atoms with E-state index in [9.17, 15) is 10.2 Å². The molecule has 18 heavy (non-hydrogen) atoms. The molecule has 2 aromatic heterocycles. The smallest absolute Gasteiger partial charge is 0.195 e. The maximum Gasteiger partial charge on any atom is 0.195 e. The van der Waals surface area contributed by atoms with Gasteiger partial charge in [0.25, 0.3) is 0 Å². The number of hydrogen-bond donors (Lipinski definition) is 2. The van der Waals surface area contributed by atoms with Crippen LogP contribution in [-0.2, 0) is 0 Å². The minimum Gasteiger partial charge on any atom is -0.504 e. The highest BCUT2D eigenvalue weighted by Gasteiger charge is 2.13. The number of benzene rings is 2. The summed E-state index contributed by atoms with van der Waals surface area (Å²) in [5.41, 5.74) is 2.79. The van der Waals surface area contributed by atoms with Crippen LogP contribution in [-0.4, -0.2) is 19.6 Å². The zero-order chi connectivity index (χ0) is 12.3. The highest BCUT2D eigenvalue weighted by Crippen LogP contribution is 2.36. The fraction of sp³-hybridized carbons (Fsp3) is 0. The monoisotopic (exact) mass is 256 g/mol. The minimum absolute atomic E-state index is 0.101. The number of para-hydroxylation sites is 2. The Morgan fingerprint density at radius 1 is 1.00 bits per heavy atom. The highest BCUT2D eigenvalue weighted by atomic mass is 32.1. The third-order valence-electron chi connectivity index (χ3n) is 3.03. The molecule has 5 heteroatoms. The molecule has 2 N–H and O–H groups in total. The second kappa shape index (κ2) is 3.14. The first kappa shape index (κ1) is 9.73. The van der Waals surface area contributed by atoms with Gasteiger partial charge in [-0.15, -0.1) is 0 Å². The number of fused-ring (bicyclic) bond motifs is 5. The van der Waals surface area contributed by atoms with E-state index in [-0.39, 0.29) is 11.5 Å². The molecule has 0 saturated heterocycles. The van der Waals surface area contributed by atoms with Crippen LogP contribution in [0.4, 0.5) is 0 Å². The van der Waals surface area contributed by atoms with Crippen molar-refractivity contribution in [2.75, 3.05) is 0 Å². The maximum atomic E-state index is 9.63. The predicted molar refractivity (Wildman–Crippen MR) is 71.4 cm³/mol. The third kappa shape index (κ3) is 1.11. The normalized spacial score (nSPS) is 11.8. The molecule has 0 fully saturated rings. The van der Waals surface area contributed by atoms with Crippen LogP contribution < -0.4 is 0 Å². The molecular weight excluding hydrogens is 248 g/mol. The summed E-state index contributed by atoms with van der Waals surface area (Å²) < 4.78 is 2.90. The van der Waals surface area contributed by atoms with Crippen LogP contribution in [0.15, 0.2) is 36.4 Å². The van der Waals surface area contributed by atoms with Crippen molar-refractivity contribution in [3.63, 3.8) is 0 Å². The van der Waals surface area contributed by atoms with Crippen molar-refractivity contribution in [1.29, 1.82) is 0 Å². The number of phenols is 2. The molecule has 0 aliphatic carbocycles. The quantitative estimate of drug-likeness (QED) is 0.475. The summed E-state index contributed by atoms with van der Waals surface area (Å²) in [4.78, 5) is 5.39. The molecule has 0 radical (unpaired) electrons. The Morgan fingerprint density at radius 2 is 1.78 bits per heavy atom. The number of thiazole rings is 1. The van der Waals surface area contributed by atoms with E-state index in [1.54, 1.807) is 12.1 Å². The Bertz CT molecular complexity index is 907. The van der Waals surface area contributed by atoms with E-state index in [0.29, 0.717) is 0 Å². The van der Waals surface area contributed by atoms with Gasteiger partial charge in [0.15, 0.2) is 16.5 Å². The molecule has 2 heterocycles. The Kier molecular flexibility index (Phi) is 1.70. The van der Waals surface area contributed by atoms with E-state index >= 15 is 0 Å². The average Bonchev–Trinajstić information content (AvgIpc) is 2.86. The van der Waals surface area contributed by atoms with Gasteiger partial charge in [-0.05, 0) is 12.1 Å². The van der Waals surface area contributed by atoms with E-state index < -0.39 is 0 Å². The summed E-state index contributed by atoms with van der Waals surface area (Å²) in [6, 6.07) is 11.0. The van der Waals surface area contributed by atoms with E-state index in [2.05, 4.69) is 4.98 Å². The molecule has 0 atom stereocenters. The summed E-state index contributed by atoms with van der Waals surface area (Å²) in [6.45, 7) is 0. The molecule has 4 rings (SSSR count). The zero-order valence-electron chi connectivity index (χ0n) is 9.16. The van der Waals surface area contributed by atoms with Gasteiger partial charge in [-0.1, -0.05) is 23.5 Å². The van der Waals surface area contributed by atoms with Gasteiger partial charge < -0.3 is 10.2 Å². The van der Waals surface area contributed by atoms with Gasteiger partial charge >= 0.3 is 0 Å². The van der Waals surface area contributed by atoms with Gasteiger partial charge in [-0.2, -0.15) is 0 Å². The SMILES string of the molecule is Oc1cc2sc3nc4ccccc4n3c2cc1O. The molecule has 0 unspecified atom stereocenters. The lowest BCUT2D eigenvalue weighted by Gasteiger charge is -1.98. The number of imidazole rings is 1. The number of aromatic hydroxyl groups is 2. The Morgan fingerprint density at radius 3 is 2.67 bits per heavy atom. The molecule has 4 aromatic rings. The fourth-order valence-corrected chi connectivity index (χ4v) is 3.26. The number of rotatable bonds is 0. The van der Waals surface area contributed by atoms with Crippen molar-refractivity contribution < 1.29 is 10.2 Å². The summed E-state index contributed by atoms with van der Waals surface area (Å²) in [6.07, 6.45) is 0. The van der Waals surface area contributed by atoms with Gasteiger partial charge in [0, 0.05) is 12.1 Å². The van der Waals surface area contributed by atoms with Crippen molar-refractivity contribution >= 4 is 37.5 Å². The van der Waals surface area contributed by atoms with Gasteiger partial charge in [0.1, 0.15) is 0 Å². The lowest BCUT2D eigenvalue weighted by molar-refractivity contribution is 0.405. The first-order valence-electron chi connectivity index (χ1n) is 5.46. The zero-order valence-corrected chi connectivity index (χ0v) is 9.98. The van der Waals surface area contributed by atoms with Gasteiger partial charge in [-0.3, -0.25) is 4.40 Å². The molecular formula is C13H8N2O2S. The van der Waals surface area contributed by atoms with Gasteiger partial charge in [0.2, 0.25) is 0 Å². The fourth-order valence-electron chi connectivity index (χ4n) is 2.21. The minimum atomic E-state index is -0.111. The molecule has 2 aromatic carbocycles. The summed E-state index contributed by atoms with van der Waals surface area (Å²) in [5, 5.41) is 19.1. The average molecular weight is 256 g/mol. The molecule has 0 aliphatic heterocycles. The van der Waals surface area contributed by atoms with Crippen molar-refractivity contribution in [2.45, 2.75) is 0 Å². The second-order valence-corrected chi connectivity index (χ2v) is 5.14. The van der Waals surface area contributed by atoms with Gasteiger partial charge in [0.05, 0.1) is 21.3 Å². The number of phenolic OH excluding ortho intramolecular Hbond substituents is 2. The standard InChI is InChI=1S/C13H8N2O2S/c16-10-5-9-12(6-11(10)17)18-13-14-7-3-1-2-4-8(7)15(9)13/h1-6,16-17H. The summed E-state index contributed by atoms with van der Waals surface area (Å²) in [7, 11) is 0. The number of nitrogens with zero attached hydrogens (tertiary/aromatic N) is 2. The maximum absolute atomic E-state index is 9.63. The summed E-state index contributed by atoms with van der Waals surface area (Å²) >= 11 is 1.49. The van der Waals surface area contributed by atoms with Gasteiger partial charge in [-0.25, -0.2) is 4.98 Å². The lowest BCUT2D eigenvalue weighted by Crippen LogP contribution is -1.80. The Labute approximate surface area is 105 Å².